The minimum atomic E-state index is -0.792. The van der Waals surface area contributed by atoms with Crippen molar-refractivity contribution in [1.82, 2.24) is 0 Å². The summed E-state index contributed by atoms with van der Waals surface area (Å²) >= 11 is 3.09. The highest BCUT2D eigenvalue weighted by molar-refractivity contribution is 9.10. The maximum Gasteiger partial charge on any atom is 0.349 e. The van der Waals surface area contributed by atoms with Crippen LogP contribution < -0.4 is 9.47 Å². The van der Waals surface area contributed by atoms with E-state index in [2.05, 4.69) is 15.9 Å². The third-order valence-electron chi connectivity index (χ3n) is 2.52. The van der Waals surface area contributed by atoms with Crippen LogP contribution in [0.25, 0.3) is 0 Å². The molecular formula is C14H9BrFNO5. The Bertz CT molecular complexity index is 705. The molecule has 0 amide bonds. The van der Waals surface area contributed by atoms with Crippen molar-refractivity contribution >= 4 is 27.6 Å². The number of nitro benzene ring substituents is 1. The summed E-state index contributed by atoms with van der Waals surface area (Å²) < 4.78 is 23.9. The second kappa shape index (κ2) is 6.99. The van der Waals surface area contributed by atoms with Crippen LogP contribution >= 0.6 is 15.9 Å². The van der Waals surface area contributed by atoms with E-state index in [1.807, 2.05) is 0 Å². The predicted octanol–water partition coefficient (Wildman–Crippen LogP) is 3.48. The molecule has 0 spiro atoms. The van der Waals surface area contributed by atoms with Crippen LogP contribution in [0.5, 0.6) is 11.5 Å². The molecule has 0 fully saturated rings. The minimum absolute atomic E-state index is 0.0909. The first-order chi connectivity index (χ1) is 10.5. The number of carbonyl (C=O) groups is 1. The average molecular weight is 370 g/mol. The molecule has 0 aliphatic carbocycles. The minimum Gasteiger partial charge on any atom is -0.482 e. The van der Waals surface area contributed by atoms with Gasteiger partial charge in [-0.1, -0.05) is 15.9 Å². The Morgan fingerprint density at radius 1 is 1.23 bits per heavy atom. The maximum atomic E-state index is 13.5. The average Bonchev–Trinajstić information content (AvgIpc) is 2.48. The van der Waals surface area contributed by atoms with Gasteiger partial charge in [0.2, 0.25) is 0 Å². The van der Waals surface area contributed by atoms with Crippen molar-refractivity contribution in [2.24, 2.45) is 0 Å². The largest absolute Gasteiger partial charge is 0.482 e. The molecule has 2 rings (SSSR count). The van der Waals surface area contributed by atoms with Crippen molar-refractivity contribution in [2.45, 2.75) is 0 Å². The third kappa shape index (κ3) is 4.26. The van der Waals surface area contributed by atoms with Gasteiger partial charge in [0.1, 0.15) is 5.75 Å². The van der Waals surface area contributed by atoms with Gasteiger partial charge in [-0.3, -0.25) is 10.1 Å². The molecule has 6 nitrogen and oxygen atoms in total. The first-order valence-electron chi connectivity index (χ1n) is 5.98. The summed E-state index contributed by atoms with van der Waals surface area (Å²) in [5.74, 6) is -1.42. The fraction of sp³-hybridized carbons (Fsp3) is 0.0714. The van der Waals surface area contributed by atoms with Crippen LogP contribution in [0.3, 0.4) is 0 Å². The summed E-state index contributed by atoms with van der Waals surface area (Å²) in [4.78, 5) is 21.5. The number of carbonyl (C=O) groups excluding carboxylic acids is 1. The van der Waals surface area contributed by atoms with Gasteiger partial charge in [0.25, 0.3) is 5.69 Å². The number of halogens is 2. The van der Waals surface area contributed by atoms with Gasteiger partial charge in [-0.05, 0) is 30.3 Å². The fourth-order valence-corrected chi connectivity index (χ4v) is 1.85. The lowest BCUT2D eigenvalue weighted by atomic mass is 10.3. The van der Waals surface area contributed by atoms with Gasteiger partial charge >= 0.3 is 5.97 Å². The van der Waals surface area contributed by atoms with Crippen molar-refractivity contribution in [3.05, 3.63) is 62.9 Å². The Balaban J connectivity index is 1.91. The second-order valence-electron chi connectivity index (χ2n) is 4.09. The number of hydrogen-bond donors (Lipinski definition) is 0. The van der Waals surface area contributed by atoms with E-state index in [1.165, 1.54) is 42.5 Å². The van der Waals surface area contributed by atoms with Gasteiger partial charge in [-0.15, -0.1) is 0 Å². The highest BCUT2D eigenvalue weighted by Crippen LogP contribution is 2.22. The number of benzene rings is 2. The number of nitro groups is 1. The molecule has 0 heterocycles. The van der Waals surface area contributed by atoms with E-state index in [9.17, 15) is 19.3 Å². The molecule has 0 saturated carbocycles. The molecule has 0 aliphatic rings. The van der Waals surface area contributed by atoms with Gasteiger partial charge in [0, 0.05) is 16.6 Å². The van der Waals surface area contributed by atoms with E-state index in [4.69, 9.17) is 9.47 Å². The summed E-state index contributed by atoms with van der Waals surface area (Å²) in [6.07, 6.45) is 0. The predicted molar refractivity (Wildman–Crippen MR) is 78.3 cm³/mol. The van der Waals surface area contributed by atoms with Crippen LogP contribution in [-0.2, 0) is 4.79 Å². The number of esters is 1. The molecule has 114 valence electrons. The van der Waals surface area contributed by atoms with E-state index in [0.29, 0.717) is 4.47 Å². The topological polar surface area (TPSA) is 78.7 Å². The summed E-state index contributed by atoms with van der Waals surface area (Å²) in [6, 6.07) is 9.20. The molecule has 2 aromatic carbocycles. The molecule has 0 atom stereocenters. The first-order valence-corrected chi connectivity index (χ1v) is 6.78. The number of nitrogens with zero attached hydrogens (tertiary/aromatic N) is 1. The van der Waals surface area contributed by atoms with Crippen LogP contribution in [0.1, 0.15) is 0 Å². The smallest absolute Gasteiger partial charge is 0.349 e. The second-order valence-corrected chi connectivity index (χ2v) is 5.00. The normalized spacial score (nSPS) is 10.1. The lowest BCUT2D eigenvalue weighted by molar-refractivity contribution is -0.384. The third-order valence-corrected chi connectivity index (χ3v) is 3.02. The van der Waals surface area contributed by atoms with Gasteiger partial charge in [0.05, 0.1) is 4.92 Å². The summed E-state index contributed by atoms with van der Waals surface area (Å²) in [7, 11) is 0. The molecule has 0 unspecified atom stereocenters. The van der Waals surface area contributed by atoms with E-state index < -0.39 is 23.3 Å². The number of non-ortho nitro benzene ring substituents is 1. The van der Waals surface area contributed by atoms with E-state index in [0.717, 1.165) is 0 Å². The van der Waals surface area contributed by atoms with Crippen molar-refractivity contribution in [3.8, 4) is 11.5 Å². The first kappa shape index (κ1) is 15.9. The van der Waals surface area contributed by atoms with Crippen LogP contribution in [0.15, 0.2) is 46.9 Å². The molecule has 0 bridgehead atoms. The molecule has 2 aromatic rings. The van der Waals surface area contributed by atoms with Crippen LogP contribution in [-0.4, -0.2) is 17.5 Å². The zero-order chi connectivity index (χ0) is 16.1. The standard InChI is InChI=1S/C14H9BrFNO5/c15-9-1-6-13(12(16)7-9)22-14(18)8-21-11-4-2-10(3-5-11)17(19)20/h1-7H,8H2. The Hall–Kier alpha value is -2.48. The number of rotatable bonds is 5. The summed E-state index contributed by atoms with van der Waals surface area (Å²) in [5.41, 5.74) is -0.0909. The SMILES string of the molecule is O=C(COc1ccc([N+](=O)[O-])cc1)Oc1ccc(Br)cc1F. The Morgan fingerprint density at radius 3 is 2.50 bits per heavy atom. The number of hydrogen-bond acceptors (Lipinski definition) is 5. The van der Waals surface area contributed by atoms with Gasteiger partial charge in [0.15, 0.2) is 18.2 Å². The van der Waals surface area contributed by atoms with Crippen molar-refractivity contribution in [2.75, 3.05) is 6.61 Å². The fourth-order valence-electron chi connectivity index (χ4n) is 1.52. The molecule has 8 heteroatoms. The van der Waals surface area contributed by atoms with E-state index in [-0.39, 0.29) is 17.2 Å². The Morgan fingerprint density at radius 2 is 1.91 bits per heavy atom. The summed E-state index contributed by atoms with van der Waals surface area (Å²) in [6.45, 7) is -0.451. The number of ether oxygens (including phenoxy) is 2. The zero-order valence-electron chi connectivity index (χ0n) is 11.0. The van der Waals surface area contributed by atoms with Crippen molar-refractivity contribution in [1.29, 1.82) is 0 Å². The van der Waals surface area contributed by atoms with Gasteiger partial charge in [-0.25, -0.2) is 9.18 Å². The van der Waals surface area contributed by atoms with Gasteiger partial charge in [-0.2, -0.15) is 0 Å². The lowest BCUT2D eigenvalue weighted by Gasteiger charge is -2.07. The van der Waals surface area contributed by atoms with Crippen molar-refractivity contribution in [3.63, 3.8) is 0 Å². The molecule has 22 heavy (non-hydrogen) atoms. The monoisotopic (exact) mass is 369 g/mol. The maximum absolute atomic E-state index is 13.5. The van der Waals surface area contributed by atoms with Crippen LogP contribution in [0, 0.1) is 15.9 Å². The lowest BCUT2D eigenvalue weighted by Crippen LogP contribution is -2.18. The summed E-state index contributed by atoms with van der Waals surface area (Å²) in [5, 5.41) is 10.5. The van der Waals surface area contributed by atoms with Gasteiger partial charge < -0.3 is 9.47 Å². The van der Waals surface area contributed by atoms with E-state index in [1.54, 1.807) is 0 Å². The van der Waals surface area contributed by atoms with Crippen molar-refractivity contribution < 1.29 is 23.6 Å². The molecular weight excluding hydrogens is 361 g/mol. The Kier molecular flexibility index (Phi) is 5.05. The zero-order valence-corrected chi connectivity index (χ0v) is 12.6. The molecule has 0 N–H and O–H groups in total. The highest BCUT2D eigenvalue weighted by atomic mass is 79.9. The molecule has 0 saturated heterocycles. The van der Waals surface area contributed by atoms with Crippen LogP contribution in [0.2, 0.25) is 0 Å². The molecule has 0 radical (unpaired) electrons. The highest BCUT2D eigenvalue weighted by Gasteiger charge is 2.11. The quantitative estimate of drug-likeness (QED) is 0.349. The van der Waals surface area contributed by atoms with E-state index >= 15 is 0 Å². The molecule has 0 aromatic heterocycles. The van der Waals surface area contributed by atoms with Crippen LogP contribution in [0.4, 0.5) is 10.1 Å². The Labute approximate surface area is 132 Å². The molecule has 0 aliphatic heterocycles.